The number of hydrogen-bond acceptors (Lipinski definition) is 2. The average molecular weight is 240 g/mol. The molecule has 0 spiro atoms. The first-order valence-corrected chi connectivity index (χ1v) is 5.36. The highest BCUT2D eigenvalue weighted by Crippen LogP contribution is 2.16. The fourth-order valence-electron chi connectivity index (χ4n) is 1.07. The van der Waals surface area contributed by atoms with E-state index in [1.54, 1.807) is 30.3 Å². The third-order valence-electron chi connectivity index (χ3n) is 1.84. The first-order chi connectivity index (χ1) is 7.72. The Bertz CT molecular complexity index is 366. The molecule has 4 heteroatoms. The fraction of sp³-hybridized carbons (Fsp3) is 0.250. The van der Waals surface area contributed by atoms with Crippen molar-refractivity contribution in [1.82, 2.24) is 5.32 Å². The van der Waals surface area contributed by atoms with Crippen molar-refractivity contribution in [3.05, 3.63) is 41.9 Å². The van der Waals surface area contributed by atoms with Crippen LogP contribution in [0.3, 0.4) is 0 Å². The lowest BCUT2D eigenvalue weighted by atomic mass is 10.3. The molecule has 0 heterocycles. The van der Waals surface area contributed by atoms with Gasteiger partial charge in [-0.25, -0.2) is 0 Å². The van der Waals surface area contributed by atoms with Gasteiger partial charge in [0.1, 0.15) is 5.75 Å². The molecule has 1 amide bonds. The number of carbonyl (C=O) groups excluding carboxylic acids is 1. The molecule has 0 radical (unpaired) electrons. The number of rotatable bonds is 6. The Morgan fingerprint density at radius 1 is 1.56 bits per heavy atom. The molecule has 0 bridgehead atoms. The van der Waals surface area contributed by atoms with Crippen molar-refractivity contribution in [3.63, 3.8) is 0 Å². The fourth-order valence-corrected chi connectivity index (χ4v) is 1.25. The summed E-state index contributed by atoms with van der Waals surface area (Å²) < 4.78 is 5.26. The predicted octanol–water partition coefficient (Wildman–Crippen LogP) is 2.41. The van der Waals surface area contributed by atoms with Crippen molar-refractivity contribution in [2.45, 2.75) is 6.42 Å². The van der Waals surface area contributed by atoms with Gasteiger partial charge in [-0.15, -0.1) is 6.58 Å². The van der Waals surface area contributed by atoms with E-state index in [0.29, 0.717) is 17.3 Å². The van der Waals surface area contributed by atoms with Gasteiger partial charge in [-0.2, -0.15) is 0 Å². The van der Waals surface area contributed by atoms with Crippen LogP contribution in [-0.2, 0) is 4.79 Å². The van der Waals surface area contributed by atoms with Crippen molar-refractivity contribution in [3.8, 4) is 5.75 Å². The van der Waals surface area contributed by atoms with Gasteiger partial charge >= 0.3 is 0 Å². The Kier molecular flexibility index (Phi) is 5.43. The third kappa shape index (κ3) is 4.84. The van der Waals surface area contributed by atoms with E-state index >= 15 is 0 Å². The van der Waals surface area contributed by atoms with Crippen molar-refractivity contribution >= 4 is 17.5 Å². The lowest BCUT2D eigenvalue weighted by Crippen LogP contribution is -2.29. The summed E-state index contributed by atoms with van der Waals surface area (Å²) >= 11 is 5.77. The minimum Gasteiger partial charge on any atom is -0.484 e. The lowest BCUT2D eigenvalue weighted by molar-refractivity contribution is -0.123. The summed E-state index contributed by atoms with van der Waals surface area (Å²) in [6, 6.07) is 6.94. The minimum atomic E-state index is -0.151. The van der Waals surface area contributed by atoms with Gasteiger partial charge in [0.15, 0.2) is 6.61 Å². The van der Waals surface area contributed by atoms with Gasteiger partial charge in [0.25, 0.3) is 5.91 Å². The third-order valence-corrected chi connectivity index (χ3v) is 2.07. The standard InChI is InChI=1S/C12H14ClNO2/c1-2-3-7-14-12(15)9-16-11-6-4-5-10(13)8-11/h2,4-6,8H,1,3,7,9H2,(H,14,15). The molecular weight excluding hydrogens is 226 g/mol. The van der Waals surface area contributed by atoms with E-state index in [2.05, 4.69) is 11.9 Å². The number of ether oxygens (including phenoxy) is 1. The van der Waals surface area contributed by atoms with E-state index < -0.39 is 0 Å². The number of carbonyl (C=O) groups is 1. The van der Waals surface area contributed by atoms with E-state index in [-0.39, 0.29) is 12.5 Å². The van der Waals surface area contributed by atoms with Crippen molar-refractivity contribution < 1.29 is 9.53 Å². The van der Waals surface area contributed by atoms with Gasteiger partial charge in [-0.3, -0.25) is 4.79 Å². The quantitative estimate of drug-likeness (QED) is 0.612. The Morgan fingerprint density at radius 2 is 2.38 bits per heavy atom. The summed E-state index contributed by atoms with van der Waals surface area (Å²) in [6.07, 6.45) is 2.50. The maximum Gasteiger partial charge on any atom is 0.257 e. The molecule has 16 heavy (non-hydrogen) atoms. The Morgan fingerprint density at radius 3 is 3.06 bits per heavy atom. The summed E-state index contributed by atoms with van der Waals surface area (Å²) in [6.45, 7) is 4.15. The topological polar surface area (TPSA) is 38.3 Å². The van der Waals surface area contributed by atoms with E-state index in [4.69, 9.17) is 16.3 Å². The maximum atomic E-state index is 11.3. The number of halogens is 1. The Balaban J connectivity index is 2.28. The van der Waals surface area contributed by atoms with Gasteiger partial charge in [0, 0.05) is 11.6 Å². The molecule has 1 N–H and O–H groups in total. The first kappa shape index (κ1) is 12.6. The molecule has 0 saturated carbocycles. The van der Waals surface area contributed by atoms with E-state index in [0.717, 1.165) is 6.42 Å². The molecule has 1 rings (SSSR count). The zero-order valence-corrected chi connectivity index (χ0v) is 9.67. The second kappa shape index (κ2) is 6.90. The zero-order valence-electron chi connectivity index (χ0n) is 8.91. The van der Waals surface area contributed by atoms with E-state index in [9.17, 15) is 4.79 Å². The Hall–Kier alpha value is -1.48. The van der Waals surface area contributed by atoms with Crippen LogP contribution in [-0.4, -0.2) is 19.1 Å². The van der Waals surface area contributed by atoms with Crippen LogP contribution in [0.1, 0.15) is 6.42 Å². The van der Waals surface area contributed by atoms with Crippen LogP contribution in [0.4, 0.5) is 0 Å². The van der Waals surface area contributed by atoms with Crippen LogP contribution in [0.25, 0.3) is 0 Å². The lowest BCUT2D eigenvalue weighted by Gasteiger charge is -2.06. The van der Waals surface area contributed by atoms with Crippen LogP contribution in [0.2, 0.25) is 5.02 Å². The van der Waals surface area contributed by atoms with E-state index in [1.165, 1.54) is 0 Å². The number of amides is 1. The van der Waals surface area contributed by atoms with Crippen LogP contribution in [0, 0.1) is 0 Å². The molecule has 86 valence electrons. The normalized spacial score (nSPS) is 9.56. The molecule has 0 unspecified atom stereocenters. The molecule has 0 aliphatic carbocycles. The molecule has 3 nitrogen and oxygen atoms in total. The molecule has 1 aromatic carbocycles. The smallest absolute Gasteiger partial charge is 0.257 e. The highest BCUT2D eigenvalue weighted by molar-refractivity contribution is 6.30. The number of nitrogens with one attached hydrogen (secondary N) is 1. The van der Waals surface area contributed by atoms with Gasteiger partial charge < -0.3 is 10.1 Å². The Labute approximate surface area is 100 Å². The summed E-state index contributed by atoms with van der Waals surface area (Å²) in [5.74, 6) is 0.438. The van der Waals surface area contributed by atoms with Gasteiger partial charge in [0.05, 0.1) is 0 Å². The van der Waals surface area contributed by atoms with Crippen LogP contribution >= 0.6 is 11.6 Å². The molecule has 0 atom stereocenters. The second-order valence-corrected chi connectivity index (χ2v) is 3.61. The molecule has 0 saturated heterocycles. The summed E-state index contributed by atoms with van der Waals surface area (Å²) in [7, 11) is 0. The maximum absolute atomic E-state index is 11.3. The highest BCUT2D eigenvalue weighted by atomic mass is 35.5. The zero-order chi connectivity index (χ0) is 11.8. The highest BCUT2D eigenvalue weighted by Gasteiger charge is 2.01. The first-order valence-electron chi connectivity index (χ1n) is 4.98. The van der Waals surface area contributed by atoms with Crippen molar-refractivity contribution in [2.24, 2.45) is 0 Å². The van der Waals surface area contributed by atoms with Crippen LogP contribution in [0.5, 0.6) is 5.75 Å². The summed E-state index contributed by atoms with van der Waals surface area (Å²) in [5.41, 5.74) is 0. The van der Waals surface area contributed by atoms with Gasteiger partial charge in [-0.05, 0) is 24.6 Å². The molecule has 1 aromatic rings. The SMILES string of the molecule is C=CCCNC(=O)COc1cccc(Cl)c1. The molecule has 0 aliphatic heterocycles. The number of hydrogen-bond donors (Lipinski definition) is 1. The number of benzene rings is 1. The summed E-state index contributed by atoms with van der Waals surface area (Å²) in [5, 5.41) is 3.29. The van der Waals surface area contributed by atoms with Crippen molar-refractivity contribution in [2.75, 3.05) is 13.2 Å². The minimum absolute atomic E-state index is 0.00249. The van der Waals surface area contributed by atoms with Gasteiger partial charge in [-0.1, -0.05) is 23.7 Å². The molecule has 0 aromatic heterocycles. The molecule has 0 fully saturated rings. The molecule has 0 aliphatic rings. The van der Waals surface area contributed by atoms with Crippen LogP contribution < -0.4 is 10.1 Å². The monoisotopic (exact) mass is 239 g/mol. The van der Waals surface area contributed by atoms with Crippen LogP contribution in [0.15, 0.2) is 36.9 Å². The van der Waals surface area contributed by atoms with Crippen molar-refractivity contribution in [1.29, 1.82) is 0 Å². The predicted molar refractivity (Wildman–Crippen MR) is 64.8 cm³/mol. The summed E-state index contributed by atoms with van der Waals surface area (Å²) in [4.78, 5) is 11.3. The molecular formula is C12H14ClNO2. The second-order valence-electron chi connectivity index (χ2n) is 3.17. The average Bonchev–Trinajstić information content (AvgIpc) is 2.27. The van der Waals surface area contributed by atoms with Gasteiger partial charge in [0.2, 0.25) is 0 Å². The van der Waals surface area contributed by atoms with E-state index in [1.807, 2.05) is 0 Å². The largest absolute Gasteiger partial charge is 0.484 e.